The van der Waals surface area contributed by atoms with Crippen molar-refractivity contribution in [1.29, 1.82) is 0 Å². The minimum atomic E-state index is 1.09. The van der Waals surface area contributed by atoms with Crippen LogP contribution < -0.4 is 0 Å². The molecular formula is C14H25. The van der Waals surface area contributed by atoms with Crippen LogP contribution >= 0.6 is 0 Å². The molecule has 0 saturated heterocycles. The highest BCUT2D eigenvalue weighted by Gasteiger charge is 1.83. The Morgan fingerprint density at radius 3 is 2.07 bits per heavy atom. The van der Waals surface area contributed by atoms with Crippen molar-refractivity contribution in [3.8, 4) is 0 Å². The monoisotopic (exact) mass is 193 g/mol. The van der Waals surface area contributed by atoms with Crippen LogP contribution in [0, 0.1) is 6.92 Å². The van der Waals surface area contributed by atoms with Gasteiger partial charge in [0.1, 0.15) is 0 Å². The first-order chi connectivity index (χ1) is 6.91. The van der Waals surface area contributed by atoms with E-state index >= 15 is 0 Å². The number of rotatable bonds is 9. The average Bonchev–Trinajstić information content (AvgIpc) is 2.21. The van der Waals surface area contributed by atoms with Gasteiger partial charge in [-0.15, -0.1) is 0 Å². The van der Waals surface area contributed by atoms with Crippen LogP contribution in [0.3, 0.4) is 0 Å². The summed E-state index contributed by atoms with van der Waals surface area (Å²) in [5, 5.41) is 0. The molecule has 81 valence electrons. The standard InChI is InChI=1S/C14H25/c1-3-5-7-9-11-13-14-12-10-8-6-4-2/h6,8,13-14H,1,3-5,7,9-12H2,2H3. The first-order valence-electron chi connectivity index (χ1n) is 6.01. The molecule has 0 fully saturated rings. The molecule has 0 saturated carbocycles. The van der Waals surface area contributed by atoms with Gasteiger partial charge >= 0.3 is 0 Å². The van der Waals surface area contributed by atoms with E-state index in [-0.39, 0.29) is 0 Å². The summed E-state index contributed by atoms with van der Waals surface area (Å²) in [4.78, 5) is 0. The zero-order valence-corrected chi connectivity index (χ0v) is 9.67. The van der Waals surface area contributed by atoms with Crippen LogP contribution in [0.1, 0.15) is 58.3 Å². The van der Waals surface area contributed by atoms with Gasteiger partial charge in [0.2, 0.25) is 0 Å². The van der Waals surface area contributed by atoms with E-state index in [2.05, 4.69) is 38.2 Å². The summed E-state index contributed by atoms with van der Waals surface area (Å²) in [6.07, 6.45) is 19.0. The summed E-state index contributed by atoms with van der Waals surface area (Å²) in [5.74, 6) is 0. The summed E-state index contributed by atoms with van der Waals surface area (Å²) in [7, 11) is 0. The molecule has 0 rings (SSSR count). The zero-order chi connectivity index (χ0) is 10.5. The van der Waals surface area contributed by atoms with Crippen molar-refractivity contribution >= 4 is 0 Å². The molecule has 0 aromatic heterocycles. The second kappa shape index (κ2) is 12.5. The van der Waals surface area contributed by atoms with E-state index in [1.165, 1.54) is 38.5 Å². The third kappa shape index (κ3) is 11.5. The molecule has 0 aromatic carbocycles. The molecule has 1 radical (unpaired) electrons. The van der Waals surface area contributed by atoms with Crippen molar-refractivity contribution in [1.82, 2.24) is 0 Å². The zero-order valence-electron chi connectivity index (χ0n) is 9.67. The van der Waals surface area contributed by atoms with Crippen molar-refractivity contribution in [2.75, 3.05) is 0 Å². The first-order valence-corrected chi connectivity index (χ1v) is 6.01. The molecule has 0 aromatic rings. The van der Waals surface area contributed by atoms with Crippen molar-refractivity contribution in [2.45, 2.75) is 58.3 Å². The fourth-order valence-electron chi connectivity index (χ4n) is 1.33. The Balaban J connectivity index is 3.07. The highest BCUT2D eigenvalue weighted by Crippen LogP contribution is 2.03. The Morgan fingerprint density at radius 2 is 1.43 bits per heavy atom. The van der Waals surface area contributed by atoms with E-state index in [1.807, 2.05) is 0 Å². The van der Waals surface area contributed by atoms with Crippen molar-refractivity contribution in [2.24, 2.45) is 0 Å². The molecule has 14 heavy (non-hydrogen) atoms. The molecule has 0 atom stereocenters. The van der Waals surface area contributed by atoms with Gasteiger partial charge < -0.3 is 0 Å². The van der Waals surface area contributed by atoms with Crippen LogP contribution in [0.5, 0.6) is 0 Å². The predicted molar refractivity (Wildman–Crippen MR) is 66.2 cm³/mol. The van der Waals surface area contributed by atoms with Gasteiger partial charge in [-0.2, -0.15) is 0 Å². The molecule has 0 N–H and O–H groups in total. The predicted octanol–water partition coefficient (Wildman–Crippen LogP) is 5.07. The minimum absolute atomic E-state index is 1.09. The van der Waals surface area contributed by atoms with Gasteiger partial charge in [0.05, 0.1) is 0 Å². The topological polar surface area (TPSA) is 0 Å². The Morgan fingerprint density at radius 1 is 0.786 bits per heavy atom. The van der Waals surface area contributed by atoms with E-state index < -0.39 is 0 Å². The third-order valence-corrected chi connectivity index (χ3v) is 2.19. The van der Waals surface area contributed by atoms with Gasteiger partial charge in [0.15, 0.2) is 0 Å². The van der Waals surface area contributed by atoms with Crippen LogP contribution in [0.4, 0.5) is 0 Å². The number of unbranched alkanes of at least 4 members (excludes halogenated alkanes) is 5. The van der Waals surface area contributed by atoms with E-state index in [9.17, 15) is 0 Å². The quantitative estimate of drug-likeness (QED) is 0.354. The molecule has 0 spiro atoms. The van der Waals surface area contributed by atoms with E-state index in [0.717, 1.165) is 12.8 Å². The highest BCUT2D eigenvalue weighted by molar-refractivity contribution is 4.87. The summed E-state index contributed by atoms with van der Waals surface area (Å²) < 4.78 is 0. The van der Waals surface area contributed by atoms with Crippen molar-refractivity contribution < 1.29 is 0 Å². The van der Waals surface area contributed by atoms with Crippen LogP contribution in [0.25, 0.3) is 0 Å². The lowest BCUT2D eigenvalue weighted by Gasteiger charge is -1.93. The lowest BCUT2D eigenvalue weighted by molar-refractivity contribution is 0.694. The van der Waals surface area contributed by atoms with Crippen LogP contribution in [-0.2, 0) is 0 Å². The molecule has 0 heterocycles. The van der Waals surface area contributed by atoms with Gasteiger partial charge in [-0.25, -0.2) is 0 Å². The fraction of sp³-hybridized carbons (Fsp3) is 0.643. The maximum absolute atomic E-state index is 3.84. The van der Waals surface area contributed by atoms with E-state index in [0.29, 0.717) is 0 Å². The Bertz CT molecular complexity index is 142. The molecule has 0 amide bonds. The minimum Gasteiger partial charge on any atom is -0.0888 e. The van der Waals surface area contributed by atoms with E-state index in [4.69, 9.17) is 0 Å². The smallest absolute Gasteiger partial charge is 0.0316 e. The molecule has 0 aliphatic heterocycles. The Kier molecular flexibility index (Phi) is 12.0. The van der Waals surface area contributed by atoms with Gasteiger partial charge in [-0.05, 0) is 32.1 Å². The summed E-state index contributed by atoms with van der Waals surface area (Å²) in [6, 6.07) is 0. The second-order valence-electron chi connectivity index (χ2n) is 3.63. The molecule has 0 aliphatic rings. The summed E-state index contributed by atoms with van der Waals surface area (Å²) >= 11 is 0. The number of hydrogen-bond donors (Lipinski definition) is 0. The summed E-state index contributed by atoms with van der Waals surface area (Å²) in [6.45, 7) is 6.01. The lowest BCUT2D eigenvalue weighted by Crippen LogP contribution is -1.74. The second-order valence-corrected chi connectivity index (χ2v) is 3.63. The largest absolute Gasteiger partial charge is 0.0888 e. The molecule has 0 aliphatic carbocycles. The number of hydrogen-bond acceptors (Lipinski definition) is 0. The average molecular weight is 193 g/mol. The normalized spacial score (nSPS) is 11.9. The van der Waals surface area contributed by atoms with Crippen molar-refractivity contribution in [3.63, 3.8) is 0 Å². The Hall–Kier alpha value is -0.520. The third-order valence-electron chi connectivity index (χ3n) is 2.19. The summed E-state index contributed by atoms with van der Waals surface area (Å²) in [5.41, 5.74) is 0. The number of allylic oxidation sites excluding steroid dienone is 4. The fourth-order valence-corrected chi connectivity index (χ4v) is 1.33. The highest BCUT2D eigenvalue weighted by atomic mass is 13.9. The van der Waals surface area contributed by atoms with Crippen LogP contribution in [0.15, 0.2) is 24.3 Å². The molecule has 0 heteroatoms. The van der Waals surface area contributed by atoms with Crippen LogP contribution in [0.2, 0.25) is 0 Å². The Labute approximate surface area is 90.1 Å². The maximum atomic E-state index is 3.84. The maximum Gasteiger partial charge on any atom is -0.0316 e. The van der Waals surface area contributed by atoms with Crippen LogP contribution in [-0.4, -0.2) is 0 Å². The van der Waals surface area contributed by atoms with Gasteiger partial charge in [0, 0.05) is 0 Å². The molecule has 0 unspecified atom stereocenters. The van der Waals surface area contributed by atoms with E-state index in [1.54, 1.807) is 0 Å². The first kappa shape index (κ1) is 13.5. The SMILES string of the molecule is [CH2]CCCCCC=CCCC=CCC. The lowest BCUT2D eigenvalue weighted by atomic mass is 10.1. The van der Waals surface area contributed by atoms with Gasteiger partial charge in [-0.3, -0.25) is 0 Å². The molecule has 0 nitrogen and oxygen atoms in total. The molecular weight excluding hydrogens is 168 g/mol. The van der Waals surface area contributed by atoms with Gasteiger partial charge in [-0.1, -0.05) is 57.4 Å². The molecule has 0 bridgehead atoms. The van der Waals surface area contributed by atoms with Crippen molar-refractivity contribution in [3.05, 3.63) is 31.2 Å². The van der Waals surface area contributed by atoms with Gasteiger partial charge in [0.25, 0.3) is 0 Å².